The van der Waals surface area contributed by atoms with Crippen LogP contribution in [0.5, 0.6) is 0 Å². The third kappa shape index (κ3) is 3.94. The highest BCUT2D eigenvalue weighted by Crippen LogP contribution is 2.39. The lowest BCUT2D eigenvalue weighted by atomic mass is 9.86. The van der Waals surface area contributed by atoms with Gasteiger partial charge in [0, 0.05) is 0 Å². The monoisotopic (exact) mass is 156 g/mol. The van der Waals surface area contributed by atoms with E-state index in [1.165, 1.54) is 32.1 Å². The van der Waals surface area contributed by atoms with Gasteiger partial charge in [0.15, 0.2) is 0 Å². The summed E-state index contributed by atoms with van der Waals surface area (Å²) in [5.41, 5.74) is 0.736. The van der Waals surface area contributed by atoms with Gasteiger partial charge in [-0.2, -0.15) is 9.59 Å². The first-order valence-electron chi connectivity index (χ1n) is 4.18. The van der Waals surface area contributed by atoms with Gasteiger partial charge in [-0.15, -0.1) is 0 Å². The molecule has 0 heterocycles. The third-order valence-corrected chi connectivity index (χ3v) is 2.66. The van der Waals surface area contributed by atoms with E-state index in [1.807, 2.05) is 0 Å². The zero-order chi connectivity index (χ0) is 8.74. The van der Waals surface area contributed by atoms with Crippen LogP contribution in [0.15, 0.2) is 0 Å². The molecule has 0 radical (unpaired) electrons. The number of hydrogen-bond acceptors (Lipinski definition) is 2. The summed E-state index contributed by atoms with van der Waals surface area (Å²) in [4.78, 5) is 16.2. The molecule has 11 heavy (non-hydrogen) atoms. The second-order valence-electron chi connectivity index (χ2n) is 3.45. The Morgan fingerprint density at radius 1 is 1.27 bits per heavy atom. The molecule has 2 heteroatoms. The van der Waals surface area contributed by atoms with Crippen molar-refractivity contribution < 1.29 is 9.59 Å². The molecule has 64 valence electrons. The standard InChI is InChI=1S/C8H16.CO2/c1-3-8(2)6-4-5-7-8;2-1-3/h3-7H2,1-2H3;. The predicted octanol–water partition coefficient (Wildman–Crippen LogP) is 2.39. The van der Waals surface area contributed by atoms with Gasteiger partial charge < -0.3 is 0 Å². The van der Waals surface area contributed by atoms with Crippen LogP contribution in [0.1, 0.15) is 46.0 Å². The minimum Gasteiger partial charge on any atom is -0.186 e. The summed E-state index contributed by atoms with van der Waals surface area (Å²) in [5, 5.41) is 0. The number of rotatable bonds is 1. The fraction of sp³-hybridized carbons (Fsp3) is 0.889. The van der Waals surface area contributed by atoms with Crippen molar-refractivity contribution in [2.75, 3.05) is 0 Å². The zero-order valence-corrected chi connectivity index (χ0v) is 7.35. The molecule has 0 amide bonds. The van der Waals surface area contributed by atoms with Crippen molar-refractivity contribution >= 4 is 6.15 Å². The molecule has 0 aromatic carbocycles. The van der Waals surface area contributed by atoms with Crippen molar-refractivity contribution in [2.24, 2.45) is 5.41 Å². The van der Waals surface area contributed by atoms with Crippen LogP contribution in [0.2, 0.25) is 0 Å². The van der Waals surface area contributed by atoms with Crippen molar-refractivity contribution in [3.63, 3.8) is 0 Å². The molecule has 0 N–H and O–H groups in total. The Balaban J connectivity index is 0.000000292. The lowest BCUT2D eigenvalue weighted by molar-refractivity contribution is -0.191. The van der Waals surface area contributed by atoms with Crippen LogP contribution in [0.4, 0.5) is 0 Å². The number of hydrogen-bond donors (Lipinski definition) is 0. The molecule has 0 aliphatic heterocycles. The first-order valence-corrected chi connectivity index (χ1v) is 4.18. The van der Waals surface area contributed by atoms with Gasteiger partial charge in [-0.3, -0.25) is 0 Å². The summed E-state index contributed by atoms with van der Waals surface area (Å²) >= 11 is 0. The average Bonchev–Trinajstić information content (AvgIpc) is 2.39. The Bertz CT molecular complexity index is 128. The predicted molar refractivity (Wildman–Crippen MR) is 41.9 cm³/mol. The van der Waals surface area contributed by atoms with Crippen LogP contribution in [0.25, 0.3) is 0 Å². The normalized spacial score (nSPS) is 19.8. The summed E-state index contributed by atoms with van der Waals surface area (Å²) in [7, 11) is 0. The maximum Gasteiger partial charge on any atom is 0.373 e. The Morgan fingerprint density at radius 3 is 1.82 bits per heavy atom. The van der Waals surface area contributed by atoms with Crippen molar-refractivity contribution in [3.8, 4) is 0 Å². The molecule has 0 bridgehead atoms. The van der Waals surface area contributed by atoms with E-state index in [1.54, 1.807) is 0 Å². The summed E-state index contributed by atoms with van der Waals surface area (Å²) in [6.07, 6.45) is 7.54. The van der Waals surface area contributed by atoms with E-state index in [4.69, 9.17) is 9.59 Å². The molecule has 1 aliphatic carbocycles. The molecule has 1 rings (SSSR count). The van der Waals surface area contributed by atoms with E-state index in [2.05, 4.69) is 13.8 Å². The fourth-order valence-corrected chi connectivity index (χ4v) is 1.58. The van der Waals surface area contributed by atoms with Gasteiger partial charge in [0.2, 0.25) is 0 Å². The highest BCUT2D eigenvalue weighted by Gasteiger charge is 2.25. The third-order valence-electron chi connectivity index (χ3n) is 2.66. The molecule has 0 unspecified atom stereocenters. The van der Waals surface area contributed by atoms with E-state index in [0.29, 0.717) is 0 Å². The van der Waals surface area contributed by atoms with Crippen LogP contribution < -0.4 is 0 Å². The fourth-order valence-electron chi connectivity index (χ4n) is 1.58. The van der Waals surface area contributed by atoms with Gasteiger partial charge >= 0.3 is 6.15 Å². The van der Waals surface area contributed by atoms with Crippen LogP contribution >= 0.6 is 0 Å². The topological polar surface area (TPSA) is 34.1 Å². The summed E-state index contributed by atoms with van der Waals surface area (Å²) in [6.45, 7) is 4.73. The highest BCUT2D eigenvalue weighted by atomic mass is 16.2. The van der Waals surface area contributed by atoms with Gasteiger partial charge in [0.1, 0.15) is 0 Å². The average molecular weight is 156 g/mol. The lowest BCUT2D eigenvalue weighted by Gasteiger charge is -2.19. The molecule has 2 nitrogen and oxygen atoms in total. The molecule has 0 aromatic heterocycles. The van der Waals surface area contributed by atoms with E-state index >= 15 is 0 Å². The SMILES string of the molecule is CCC1(C)CCCC1.O=C=O. The summed E-state index contributed by atoms with van der Waals surface area (Å²) < 4.78 is 0. The molecule has 1 fully saturated rings. The molecular weight excluding hydrogens is 140 g/mol. The van der Waals surface area contributed by atoms with E-state index in [9.17, 15) is 0 Å². The lowest BCUT2D eigenvalue weighted by Crippen LogP contribution is -2.07. The van der Waals surface area contributed by atoms with Crippen molar-refractivity contribution in [2.45, 2.75) is 46.0 Å². The quantitative estimate of drug-likeness (QED) is 0.584. The van der Waals surface area contributed by atoms with Gasteiger partial charge in [-0.05, 0) is 18.3 Å². The zero-order valence-electron chi connectivity index (χ0n) is 7.35. The Hall–Kier alpha value is -0.620. The van der Waals surface area contributed by atoms with Gasteiger partial charge in [0.25, 0.3) is 0 Å². The van der Waals surface area contributed by atoms with E-state index < -0.39 is 0 Å². The molecule has 0 saturated heterocycles. The van der Waals surface area contributed by atoms with Crippen LogP contribution in [0.3, 0.4) is 0 Å². The maximum atomic E-state index is 8.12. The largest absolute Gasteiger partial charge is 0.373 e. The first kappa shape index (κ1) is 10.4. The minimum atomic E-state index is 0.250. The Kier molecular flexibility index (Phi) is 4.80. The van der Waals surface area contributed by atoms with Crippen LogP contribution in [-0.4, -0.2) is 6.15 Å². The summed E-state index contributed by atoms with van der Waals surface area (Å²) in [6, 6.07) is 0. The maximum absolute atomic E-state index is 8.12. The second-order valence-corrected chi connectivity index (χ2v) is 3.45. The molecular formula is C9H16O2. The smallest absolute Gasteiger partial charge is 0.186 e. The minimum absolute atomic E-state index is 0.250. The van der Waals surface area contributed by atoms with Crippen LogP contribution in [0, 0.1) is 5.41 Å². The first-order chi connectivity index (χ1) is 5.18. The Morgan fingerprint density at radius 2 is 1.64 bits per heavy atom. The molecule has 1 aliphatic rings. The van der Waals surface area contributed by atoms with E-state index in [0.717, 1.165) is 5.41 Å². The molecule has 0 aromatic rings. The van der Waals surface area contributed by atoms with Gasteiger partial charge in [-0.1, -0.05) is 33.1 Å². The highest BCUT2D eigenvalue weighted by molar-refractivity contribution is 5.20. The molecule has 0 atom stereocenters. The summed E-state index contributed by atoms with van der Waals surface area (Å²) in [5.74, 6) is 0. The van der Waals surface area contributed by atoms with E-state index in [-0.39, 0.29) is 6.15 Å². The van der Waals surface area contributed by atoms with Crippen molar-refractivity contribution in [1.82, 2.24) is 0 Å². The number of carbonyl (C=O) groups excluding carboxylic acids is 2. The second kappa shape index (κ2) is 5.09. The molecule has 0 spiro atoms. The Labute approximate surface area is 68.0 Å². The van der Waals surface area contributed by atoms with Crippen molar-refractivity contribution in [3.05, 3.63) is 0 Å². The van der Waals surface area contributed by atoms with Crippen LogP contribution in [-0.2, 0) is 9.59 Å². The molecule has 1 saturated carbocycles. The van der Waals surface area contributed by atoms with Gasteiger partial charge in [0.05, 0.1) is 0 Å². The van der Waals surface area contributed by atoms with Gasteiger partial charge in [-0.25, -0.2) is 0 Å². The van der Waals surface area contributed by atoms with Crippen molar-refractivity contribution in [1.29, 1.82) is 0 Å².